The van der Waals surface area contributed by atoms with Crippen LogP contribution in [0.5, 0.6) is 5.75 Å². The Morgan fingerprint density at radius 2 is 2.00 bits per heavy atom. The van der Waals surface area contributed by atoms with Crippen molar-refractivity contribution in [2.75, 3.05) is 10.5 Å². The topological polar surface area (TPSA) is 130 Å². The van der Waals surface area contributed by atoms with Crippen molar-refractivity contribution in [2.45, 2.75) is 0 Å². The van der Waals surface area contributed by atoms with E-state index in [1.54, 1.807) is 0 Å². The lowest BCUT2D eigenvalue weighted by Gasteiger charge is -2.08. The molecule has 0 atom stereocenters. The molecule has 0 saturated carbocycles. The minimum atomic E-state index is -3.02. The average molecular weight is 232 g/mol. The van der Waals surface area contributed by atoms with Gasteiger partial charge in [0.15, 0.2) is 5.75 Å². The smallest absolute Gasteiger partial charge is 0.339 e. The summed E-state index contributed by atoms with van der Waals surface area (Å²) in [7, 11) is -3.02. The summed E-state index contributed by atoms with van der Waals surface area (Å²) >= 11 is 0. The molecule has 1 aromatic rings. The van der Waals surface area contributed by atoms with Crippen LogP contribution in [0.3, 0.4) is 0 Å². The Morgan fingerprint density at radius 1 is 1.40 bits per heavy atom. The maximum absolute atomic E-state index is 10.6. The van der Waals surface area contributed by atoms with Crippen LogP contribution in [0, 0.1) is 0 Å². The zero-order chi connectivity index (χ0) is 11.6. The number of hydrogen-bond donors (Lipinski definition) is 5. The fraction of sp³-hybridized carbons (Fsp3) is 0. The number of nitrogens with two attached hydrogens (primary N) is 1. The number of aromatic carboxylic acids is 1. The van der Waals surface area contributed by atoms with Crippen LogP contribution >= 0.6 is 0 Å². The van der Waals surface area contributed by atoms with E-state index in [-0.39, 0.29) is 11.4 Å². The normalized spacial score (nSPS) is 10.2. The molecule has 0 saturated heterocycles. The minimum Gasteiger partial charge on any atom is -0.505 e. The first-order chi connectivity index (χ1) is 6.93. The molecular weight excluding hydrogens is 224 g/mol. The Labute approximate surface area is 86.2 Å². The van der Waals surface area contributed by atoms with Gasteiger partial charge >= 0.3 is 5.97 Å². The lowest BCUT2D eigenvalue weighted by Crippen LogP contribution is -2.04. The van der Waals surface area contributed by atoms with Crippen molar-refractivity contribution in [1.29, 1.82) is 0 Å². The molecular formula is C7H8N2O5S. The fourth-order valence-electron chi connectivity index (χ4n) is 0.988. The first-order valence-corrected chi connectivity index (χ1v) is 4.87. The van der Waals surface area contributed by atoms with Gasteiger partial charge in [-0.15, -0.1) is 0 Å². The number of phenols is 1. The van der Waals surface area contributed by atoms with E-state index in [0.717, 1.165) is 6.07 Å². The molecule has 0 aliphatic rings. The average Bonchev–Trinajstić information content (AvgIpc) is 2.11. The third kappa shape index (κ3) is 2.29. The highest BCUT2D eigenvalue weighted by Crippen LogP contribution is 2.33. The molecule has 0 bridgehead atoms. The number of carbonyl (C=O) groups is 1. The van der Waals surface area contributed by atoms with E-state index >= 15 is 0 Å². The first kappa shape index (κ1) is 11.1. The van der Waals surface area contributed by atoms with Crippen LogP contribution in [0.15, 0.2) is 12.1 Å². The van der Waals surface area contributed by atoms with E-state index in [9.17, 15) is 18.3 Å². The van der Waals surface area contributed by atoms with Gasteiger partial charge in [0.05, 0.1) is 5.69 Å². The highest BCUT2D eigenvalue weighted by molar-refractivity contribution is 7.73. The summed E-state index contributed by atoms with van der Waals surface area (Å²) in [4.78, 5) is 10.6. The zero-order valence-electron chi connectivity index (χ0n) is 7.30. The molecule has 0 aromatic heterocycles. The van der Waals surface area contributed by atoms with Gasteiger partial charge in [0, 0.05) is 0 Å². The molecule has 8 heteroatoms. The van der Waals surface area contributed by atoms with Gasteiger partial charge in [-0.3, -0.25) is 4.72 Å². The number of rotatable bonds is 3. The van der Waals surface area contributed by atoms with E-state index in [1.807, 2.05) is 4.72 Å². The Kier molecular flexibility index (Phi) is 3.00. The molecule has 0 fully saturated rings. The summed E-state index contributed by atoms with van der Waals surface area (Å²) in [6.45, 7) is 0. The van der Waals surface area contributed by atoms with Crippen LogP contribution in [0.4, 0.5) is 11.4 Å². The molecule has 7 nitrogen and oxygen atoms in total. The zero-order valence-corrected chi connectivity index (χ0v) is 8.19. The number of thiol groups is 1. The quantitative estimate of drug-likeness (QED) is 0.274. The van der Waals surface area contributed by atoms with Gasteiger partial charge in [-0.1, -0.05) is 0 Å². The van der Waals surface area contributed by atoms with E-state index in [2.05, 4.69) is 0 Å². The summed E-state index contributed by atoms with van der Waals surface area (Å²) < 4.78 is 22.6. The molecule has 1 aromatic carbocycles. The van der Waals surface area contributed by atoms with Crippen molar-refractivity contribution in [3.63, 3.8) is 0 Å². The maximum Gasteiger partial charge on any atom is 0.339 e. The van der Waals surface area contributed by atoms with Gasteiger partial charge in [0.1, 0.15) is 11.3 Å². The molecule has 0 heterocycles. The van der Waals surface area contributed by atoms with Crippen LogP contribution in [0.1, 0.15) is 10.4 Å². The van der Waals surface area contributed by atoms with Gasteiger partial charge in [0.25, 0.3) is 0 Å². The highest BCUT2D eigenvalue weighted by atomic mass is 32.2. The SMILES string of the molecule is Nc1ccc(C(=O)O)c(O)c1N[SH](=O)=O. The molecule has 0 unspecified atom stereocenters. The Hall–Kier alpha value is -1.96. The van der Waals surface area contributed by atoms with Crippen molar-refractivity contribution in [3.05, 3.63) is 17.7 Å². The van der Waals surface area contributed by atoms with Gasteiger partial charge in [0.2, 0.25) is 10.9 Å². The van der Waals surface area contributed by atoms with E-state index in [4.69, 9.17) is 10.8 Å². The number of carboxylic acid groups (broad SMARTS) is 1. The standard InChI is InChI=1S/C7H8N2O5S/c8-4-2-1-3(7(11)12)6(10)5(4)9-15(13)14/h1-2,10,15H,8H2,(H,11,12)(H,9,13,14). The van der Waals surface area contributed by atoms with Crippen molar-refractivity contribution in [2.24, 2.45) is 0 Å². The Bertz CT molecular complexity index is 475. The molecule has 82 valence electrons. The Morgan fingerprint density at radius 3 is 2.47 bits per heavy atom. The van der Waals surface area contributed by atoms with Crippen molar-refractivity contribution >= 4 is 28.2 Å². The number of nitrogen functional groups attached to an aromatic ring is 1. The van der Waals surface area contributed by atoms with Crippen LogP contribution < -0.4 is 10.5 Å². The second-order valence-corrected chi connectivity index (χ2v) is 3.34. The fourth-order valence-corrected chi connectivity index (χ4v) is 1.41. The van der Waals surface area contributed by atoms with Crippen LogP contribution in [-0.4, -0.2) is 24.6 Å². The third-order valence-corrected chi connectivity index (χ3v) is 2.05. The van der Waals surface area contributed by atoms with E-state index in [1.165, 1.54) is 6.07 Å². The second kappa shape index (κ2) is 4.05. The number of benzene rings is 1. The molecule has 1 rings (SSSR count). The monoisotopic (exact) mass is 232 g/mol. The van der Waals surface area contributed by atoms with Gasteiger partial charge < -0.3 is 15.9 Å². The summed E-state index contributed by atoms with van der Waals surface area (Å²) in [5, 5.41) is 18.0. The van der Waals surface area contributed by atoms with Gasteiger partial charge in [-0.25, -0.2) is 13.2 Å². The Balaban J connectivity index is 3.35. The van der Waals surface area contributed by atoms with Gasteiger partial charge in [-0.05, 0) is 12.1 Å². The molecule has 5 N–H and O–H groups in total. The molecule has 0 amide bonds. The van der Waals surface area contributed by atoms with E-state index < -0.39 is 28.2 Å². The number of anilines is 2. The first-order valence-electron chi connectivity index (χ1n) is 3.69. The van der Waals surface area contributed by atoms with Crippen LogP contribution in [0.2, 0.25) is 0 Å². The predicted molar refractivity (Wildman–Crippen MR) is 53.4 cm³/mol. The molecule has 0 radical (unpaired) electrons. The van der Waals surface area contributed by atoms with E-state index in [0.29, 0.717) is 0 Å². The van der Waals surface area contributed by atoms with Crippen molar-refractivity contribution in [3.8, 4) is 5.75 Å². The molecule has 0 spiro atoms. The number of aromatic hydroxyl groups is 1. The summed E-state index contributed by atoms with van der Waals surface area (Å²) in [6.07, 6.45) is 0. The largest absolute Gasteiger partial charge is 0.505 e. The lowest BCUT2D eigenvalue weighted by molar-refractivity contribution is 0.0694. The summed E-state index contributed by atoms with van der Waals surface area (Å²) in [5.74, 6) is -2.08. The summed E-state index contributed by atoms with van der Waals surface area (Å²) in [6, 6.07) is 2.26. The maximum atomic E-state index is 10.6. The number of carboxylic acids is 1. The van der Waals surface area contributed by atoms with Crippen LogP contribution in [0.25, 0.3) is 0 Å². The highest BCUT2D eigenvalue weighted by Gasteiger charge is 2.15. The predicted octanol–water partition coefficient (Wildman–Crippen LogP) is -0.389. The van der Waals surface area contributed by atoms with Crippen LogP contribution in [-0.2, 0) is 10.9 Å². The van der Waals surface area contributed by atoms with Crippen molar-refractivity contribution < 1.29 is 23.4 Å². The summed E-state index contributed by atoms with van der Waals surface area (Å²) in [5.41, 5.74) is 4.54. The molecule has 15 heavy (non-hydrogen) atoms. The molecule has 0 aliphatic carbocycles. The number of hydrogen-bond acceptors (Lipinski definition) is 5. The minimum absolute atomic E-state index is 0.0586. The number of nitrogens with one attached hydrogen (secondary N) is 1. The second-order valence-electron chi connectivity index (χ2n) is 2.60. The molecule has 0 aliphatic heterocycles. The third-order valence-electron chi connectivity index (χ3n) is 1.64. The van der Waals surface area contributed by atoms with Gasteiger partial charge in [-0.2, -0.15) is 0 Å². The van der Waals surface area contributed by atoms with Crippen molar-refractivity contribution in [1.82, 2.24) is 0 Å². The lowest BCUT2D eigenvalue weighted by atomic mass is 10.1.